The van der Waals surface area contributed by atoms with Gasteiger partial charge in [-0.3, -0.25) is 9.69 Å². The van der Waals surface area contributed by atoms with Crippen molar-refractivity contribution in [1.29, 1.82) is 0 Å². The molecule has 1 aliphatic rings. The molecule has 32 heavy (non-hydrogen) atoms. The van der Waals surface area contributed by atoms with Crippen LogP contribution in [0.3, 0.4) is 0 Å². The fourth-order valence-corrected chi connectivity index (χ4v) is 4.21. The zero-order valence-corrected chi connectivity index (χ0v) is 20.0. The molecule has 0 spiro atoms. The number of hydrogen-bond donors (Lipinski definition) is 2. The van der Waals surface area contributed by atoms with Gasteiger partial charge in [0.2, 0.25) is 0 Å². The first-order valence-electron chi connectivity index (χ1n) is 11.4. The minimum Gasteiger partial charge on any atom is -0.490 e. The number of halogens is 1. The molecule has 2 N–H and O–H groups in total. The zero-order valence-electron chi connectivity index (χ0n) is 19.2. The number of carbonyl (C=O) groups excluding carboxylic acids is 1. The first-order chi connectivity index (χ1) is 15.5. The second-order valence-electron chi connectivity index (χ2n) is 8.08. The number of nitrogens with zero attached hydrogens (tertiary/aromatic N) is 1. The van der Waals surface area contributed by atoms with E-state index < -0.39 is 0 Å². The quantitative estimate of drug-likeness (QED) is 0.512. The van der Waals surface area contributed by atoms with Gasteiger partial charge in [0.1, 0.15) is 0 Å². The SMILES string of the molecule is CCOc1cc(CNCC2CCCN2CC)c(Cl)cc1OCC(=O)Nc1ccc(C)cc1. The second-order valence-corrected chi connectivity index (χ2v) is 8.49. The summed E-state index contributed by atoms with van der Waals surface area (Å²) in [6.45, 7) is 10.4. The van der Waals surface area contributed by atoms with Crippen LogP contribution in [0.4, 0.5) is 5.69 Å². The van der Waals surface area contributed by atoms with Crippen molar-refractivity contribution in [3.8, 4) is 11.5 Å². The molecule has 1 unspecified atom stereocenters. The first kappa shape index (κ1) is 24.4. The molecule has 0 aromatic heterocycles. The molecule has 1 heterocycles. The third-order valence-electron chi connectivity index (χ3n) is 5.71. The number of benzene rings is 2. The number of likely N-dealkylation sites (tertiary alicyclic amines) is 1. The van der Waals surface area contributed by atoms with Crippen LogP contribution in [0.1, 0.15) is 37.8 Å². The van der Waals surface area contributed by atoms with Crippen LogP contribution in [0.15, 0.2) is 36.4 Å². The number of rotatable bonds is 11. The van der Waals surface area contributed by atoms with Gasteiger partial charge in [-0.05, 0) is 63.5 Å². The van der Waals surface area contributed by atoms with Crippen molar-refractivity contribution in [3.63, 3.8) is 0 Å². The van der Waals surface area contributed by atoms with Crippen molar-refractivity contribution in [2.45, 2.75) is 46.2 Å². The molecular formula is C25H34ClN3O3. The smallest absolute Gasteiger partial charge is 0.262 e. The van der Waals surface area contributed by atoms with E-state index in [2.05, 4.69) is 22.5 Å². The Labute approximate surface area is 196 Å². The number of ether oxygens (including phenoxy) is 2. The summed E-state index contributed by atoms with van der Waals surface area (Å²) in [7, 11) is 0. The average Bonchev–Trinajstić information content (AvgIpc) is 3.24. The zero-order chi connectivity index (χ0) is 22.9. The van der Waals surface area contributed by atoms with E-state index >= 15 is 0 Å². The highest BCUT2D eigenvalue weighted by molar-refractivity contribution is 6.31. The van der Waals surface area contributed by atoms with E-state index in [1.807, 2.05) is 44.2 Å². The Kier molecular flexibility index (Phi) is 9.21. The molecule has 0 radical (unpaired) electrons. The van der Waals surface area contributed by atoms with Gasteiger partial charge >= 0.3 is 0 Å². The lowest BCUT2D eigenvalue weighted by molar-refractivity contribution is -0.118. The third kappa shape index (κ3) is 6.86. The van der Waals surface area contributed by atoms with Crippen molar-refractivity contribution >= 4 is 23.2 Å². The fraction of sp³-hybridized carbons (Fsp3) is 0.480. The molecule has 0 bridgehead atoms. The van der Waals surface area contributed by atoms with Gasteiger partial charge in [-0.25, -0.2) is 0 Å². The molecule has 1 saturated heterocycles. The van der Waals surface area contributed by atoms with Gasteiger partial charge in [-0.2, -0.15) is 0 Å². The van der Waals surface area contributed by atoms with Crippen molar-refractivity contribution in [3.05, 3.63) is 52.5 Å². The molecule has 3 rings (SSSR count). The Morgan fingerprint density at radius 1 is 1.16 bits per heavy atom. The van der Waals surface area contributed by atoms with Crippen LogP contribution in [-0.4, -0.2) is 49.7 Å². The Morgan fingerprint density at radius 2 is 1.91 bits per heavy atom. The third-order valence-corrected chi connectivity index (χ3v) is 6.06. The molecule has 2 aromatic carbocycles. The maximum absolute atomic E-state index is 12.3. The number of amides is 1. The Morgan fingerprint density at radius 3 is 2.62 bits per heavy atom. The highest BCUT2D eigenvalue weighted by Gasteiger charge is 2.22. The Hall–Kier alpha value is -2.28. The minimum absolute atomic E-state index is 0.129. The van der Waals surface area contributed by atoms with Gasteiger partial charge in [-0.15, -0.1) is 0 Å². The van der Waals surface area contributed by atoms with Gasteiger partial charge < -0.3 is 20.1 Å². The predicted molar refractivity (Wildman–Crippen MR) is 130 cm³/mol. The first-order valence-corrected chi connectivity index (χ1v) is 11.8. The second kappa shape index (κ2) is 12.1. The number of carbonyl (C=O) groups is 1. The predicted octanol–water partition coefficient (Wildman–Crippen LogP) is 4.64. The van der Waals surface area contributed by atoms with E-state index in [1.54, 1.807) is 6.07 Å². The molecule has 1 amide bonds. The summed E-state index contributed by atoms with van der Waals surface area (Å²) in [5, 5.41) is 6.95. The number of hydrogen-bond acceptors (Lipinski definition) is 5. The van der Waals surface area contributed by atoms with Crippen molar-refractivity contribution in [2.24, 2.45) is 0 Å². The molecule has 7 heteroatoms. The Balaban J connectivity index is 1.57. The van der Waals surface area contributed by atoms with Crippen LogP contribution in [-0.2, 0) is 11.3 Å². The normalized spacial score (nSPS) is 16.2. The number of likely N-dealkylation sites (N-methyl/N-ethyl adjacent to an activating group) is 1. The van der Waals surface area contributed by atoms with Gasteiger partial charge in [0.15, 0.2) is 18.1 Å². The molecule has 6 nitrogen and oxygen atoms in total. The summed E-state index contributed by atoms with van der Waals surface area (Å²) >= 11 is 6.53. The standard InChI is InChI=1S/C25H34ClN3O3/c1-4-29-12-6-7-21(29)16-27-15-19-13-23(31-5-2)24(14-22(19)26)32-17-25(30)28-20-10-8-18(3)9-11-20/h8-11,13-14,21,27H,4-7,12,15-17H2,1-3H3,(H,28,30). The average molecular weight is 460 g/mol. The number of nitrogens with one attached hydrogen (secondary N) is 2. The van der Waals surface area contributed by atoms with E-state index in [0.29, 0.717) is 35.7 Å². The molecular weight excluding hydrogens is 426 g/mol. The van der Waals surface area contributed by atoms with Gasteiger partial charge in [0.05, 0.1) is 6.61 Å². The molecule has 0 saturated carbocycles. The summed E-state index contributed by atoms with van der Waals surface area (Å²) < 4.78 is 11.5. The summed E-state index contributed by atoms with van der Waals surface area (Å²) in [4.78, 5) is 14.8. The van der Waals surface area contributed by atoms with Gasteiger partial charge in [0.25, 0.3) is 5.91 Å². The van der Waals surface area contributed by atoms with Crippen molar-refractivity contribution < 1.29 is 14.3 Å². The summed E-state index contributed by atoms with van der Waals surface area (Å²) in [5.41, 5.74) is 2.82. The van der Waals surface area contributed by atoms with E-state index in [1.165, 1.54) is 19.4 Å². The maximum Gasteiger partial charge on any atom is 0.262 e. The highest BCUT2D eigenvalue weighted by Crippen LogP contribution is 2.34. The van der Waals surface area contributed by atoms with E-state index in [0.717, 1.165) is 29.9 Å². The van der Waals surface area contributed by atoms with E-state index in [4.69, 9.17) is 21.1 Å². The number of anilines is 1. The molecule has 174 valence electrons. The molecule has 1 fully saturated rings. The largest absolute Gasteiger partial charge is 0.490 e. The van der Waals surface area contributed by atoms with Gasteiger partial charge in [-0.1, -0.05) is 36.2 Å². The molecule has 2 aromatic rings. The van der Waals surface area contributed by atoms with Crippen LogP contribution < -0.4 is 20.1 Å². The minimum atomic E-state index is -0.241. The number of aryl methyl sites for hydroxylation is 1. The van der Waals surface area contributed by atoms with Gasteiger partial charge in [0, 0.05) is 35.9 Å². The van der Waals surface area contributed by atoms with E-state index in [-0.39, 0.29) is 12.5 Å². The molecule has 1 aliphatic heterocycles. The highest BCUT2D eigenvalue weighted by atomic mass is 35.5. The van der Waals surface area contributed by atoms with E-state index in [9.17, 15) is 4.79 Å². The lowest BCUT2D eigenvalue weighted by Gasteiger charge is -2.23. The summed E-state index contributed by atoms with van der Waals surface area (Å²) in [6.07, 6.45) is 2.50. The van der Waals surface area contributed by atoms with Crippen LogP contribution in [0.25, 0.3) is 0 Å². The van der Waals surface area contributed by atoms with Crippen LogP contribution in [0.2, 0.25) is 5.02 Å². The monoisotopic (exact) mass is 459 g/mol. The lowest BCUT2D eigenvalue weighted by atomic mass is 10.1. The lowest BCUT2D eigenvalue weighted by Crippen LogP contribution is -2.37. The topological polar surface area (TPSA) is 62.8 Å². The summed E-state index contributed by atoms with van der Waals surface area (Å²) in [5.74, 6) is 0.815. The maximum atomic E-state index is 12.3. The Bertz CT molecular complexity index is 889. The van der Waals surface area contributed by atoms with Crippen LogP contribution >= 0.6 is 11.6 Å². The van der Waals surface area contributed by atoms with Crippen molar-refractivity contribution in [2.75, 3.05) is 38.2 Å². The summed E-state index contributed by atoms with van der Waals surface area (Å²) in [6, 6.07) is 11.8. The van der Waals surface area contributed by atoms with Crippen molar-refractivity contribution in [1.82, 2.24) is 10.2 Å². The van der Waals surface area contributed by atoms with Crippen LogP contribution in [0, 0.1) is 6.92 Å². The molecule has 0 aliphatic carbocycles. The fourth-order valence-electron chi connectivity index (χ4n) is 3.99. The molecule has 1 atom stereocenters. The van der Waals surface area contributed by atoms with Crippen LogP contribution in [0.5, 0.6) is 11.5 Å².